The van der Waals surface area contributed by atoms with Gasteiger partial charge in [-0.25, -0.2) is 22.2 Å². The Morgan fingerprint density at radius 2 is 1.89 bits per heavy atom. The van der Waals surface area contributed by atoms with Gasteiger partial charge in [0, 0.05) is 72.6 Å². The van der Waals surface area contributed by atoms with Gasteiger partial charge in [0.25, 0.3) is 11.8 Å². The van der Waals surface area contributed by atoms with Gasteiger partial charge in [-0.15, -0.1) is 0 Å². The smallest absolute Gasteiger partial charge is 0.265 e. The molecular weight excluding hydrogens is 811 g/mol. The molecule has 2 saturated heterocycles. The Labute approximate surface area is 353 Å². The van der Waals surface area contributed by atoms with Crippen molar-refractivity contribution in [2.24, 2.45) is 11.8 Å². The fourth-order valence-corrected chi connectivity index (χ4v) is 10.4. The summed E-state index contributed by atoms with van der Waals surface area (Å²) in [6, 6.07) is 7.89. The van der Waals surface area contributed by atoms with Gasteiger partial charge in [0.15, 0.2) is 0 Å². The van der Waals surface area contributed by atoms with Crippen molar-refractivity contribution >= 4 is 44.6 Å². The molecule has 14 nitrogen and oxygen atoms in total. The number of hydrogen-bond acceptors (Lipinski definition) is 10. The topological polar surface area (TPSA) is 177 Å². The summed E-state index contributed by atoms with van der Waals surface area (Å²) in [6.07, 6.45) is 9.90. The number of nitrogens with one attached hydrogen (secondary N) is 2. The zero-order chi connectivity index (χ0) is 43.1. The zero-order valence-electron chi connectivity index (χ0n) is 34.4. The summed E-state index contributed by atoms with van der Waals surface area (Å²) in [5.41, 5.74) is 1.11. The van der Waals surface area contributed by atoms with E-state index in [9.17, 15) is 36.4 Å². The number of halogens is 2. The maximum atomic E-state index is 14.9. The maximum absolute atomic E-state index is 14.9. The highest BCUT2D eigenvalue weighted by Crippen LogP contribution is 2.46. The van der Waals surface area contributed by atoms with Gasteiger partial charge in [-0.05, 0) is 76.1 Å². The molecular formula is C44H52F2N6O8S. The predicted molar refractivity (Wildman–Crippen MR) is 221 cm³/mol. The lowest BCUT2D eigenvalue weighted by molar-refractivity contribution is -0.148. The number of pyridine rings is 2. The number of sulfonamides is 1. The average molecular weight is 863 g/mol. The van der Waals surface area contributed by atoms with Gasteiger partial charge in [-0.3, -0.25) is 28.9 Å². The van der Waals surface area contributed by atoms with E-state index in [0.29, 0.717) is 66.6 Å². The Morgan fingerprint density at radius 3 is 2.62 bits per heavy atom. The molecule has 2 aliphatic carbocycles. The number of hydrogen-bond donors (Lipinski definition) is 2. The Morgan fingerprint density at radius 1 is 1.07 bits per heavy atom. The molecule has 3 aliphatic heterocycles. The average Bonchev–Trinajstić information content (AvgIpc) is 4.16. The van der Waals surface area contributed by atoms with E-state index in [1.807, 2.05) is 31.2 Å². The number of amides is 4. The quantitative estimate of drug-likeness (QED) is 0.271. The molecule has 5 aliphatic rings. The van der Waals surface area contributed by atoms with Crippen molar-refractivity contribution < 1.29 is 45.9 Å². The van der Waals surface area contributed by atoms with Crippen molar-refractivity contribution in [3.8, 4) is 22.8 Å². The molecule has 0 radical (unpaired) electrons. The van der Waals surface area contributed by atoms with Gasteiger partial charge in [-0.2, -0.15) is 0 Å². The normalized spacial score (nSPS) is 27.0. The molecule has 8 rings (SSSR count). The van der Waals surface area contributed by atoms with Gasteiger partial charge in [-0.1, -0.05) is 25.0 Å². The Kier molecular flexibility index (Phi) is 11.8. The Bertz CT molecular complexity index is 2340. The van der Waals surface area contributed by atoms with Crippen LogP contribution in [0.25, 0.3) is 22.2 Å². The molecule has 326 valence electrons. The number of benzene rings is 1. The fraction of sp³-hybridized carbons (Fsp3) is 0.545. The number of rotatable bonds is 9. The number of aryl methyl sites for hydroxylation is 1. The number of ether oxygens (including phenoxy) is 2. The first-order chi connectivity index (χ1) is 29.2. The molecule has 61 heavy (non-hydrogen) atoms. The molecule has 3 aromatic rings. The van der Waals surface area contributed by atoms with E-state index in [0.717, 1.165) is 22.4 Å². The van der Waals surface area contributed by atoms with Crippen LogP contribution in [-0.4, -0.2) is 107 Å². The van der Waals surface area contributed by atoms with Gasteiger partial charge >= 0.3 is 0 Å². The molecule has 4 fully saturated rings. The van der Waals surface area contributed by atoms with Gasteiger partial charge < -0.3 is 24.6 Å². The maximum Gasteiger partial charge on any atom is 0.265 e. The van der Waals surface area contributed by atoms with Crippen LogP contribution in [0.2, 0.25) is 0 Å². The number of piperidine rings is 1. The van der Waals surface area contributed by atoms with Crippen molar-refractivity contribution in [1.82, 2.24) is 29.8 Å². The molecule has 2 aromatic heterocycles. The lowest BCUT2D eigenvalue weighted by Crippen LogP contribution is -2.57. The fourth-order valence-electron chi connectivity index (χ4n) is 9.04. The van der Waals surface area contributed by atoms with E-state index in [1.165, 1.54) is 4.90 Å². The molecule has 0 spiro atoms. The summed E-state index contributed by atoms with van der Waals surface area (Å²) < 4.78 is 69.4. The highest BCUT2D eigenvalue weighted by molar-refractivity contribution is 7.91. The standard InChI is InChI=1S/C44H52F2N6O8S/c1-27-36(59-2)16-15-33-37(22-34(48-39(27)33)29-11-8-18-47-24-29)60-31-21-35-40(54)49-44(42(56)50-61(57,58)32-13-14-32)23-30(44)12-7-5-3-4-6-10-28(41(55)52(35)25-31)20-38(53)51-19-9-17-43(45,46)26-51/h7-8,11-12,15-16,18,22,24,28,30-32,35H,3-6,9-10,13-14,17,19-21,23,25-26H2,1-2H3,(H,49,54)(H,50,56)/t28-,30?,31-,35+,44-/m1/s1. The van der Waals surface area contributed by atoms with Gasteiger partial charge in [0.2, 0.25) is 27.7 Å². The van der Waals surface area contributed by atoms with Crippen molar-refractivity contribution in [1.29, 1.82) is 0 Å². The summed E-state index contributed by atoms with van der Waals surface area (Å²) in [7, 11) is -2.37. The first-order valence-corrected chi connectivity index (χ1v) is 22.8. The third-order valence-electron chi connectivity index (χ3n) is 12.7. The van der Waals surface area contributed by atoms with Crippen molar-refractivity contribution in [2.45, 2.75) is 113 Å². The highest BCUT2D eigenvalue weighted by atomic mass is 32.2. The molecule has 17 heteroatoms. The summed E-state index contributed by atoms with van der Waals surface area (Å²) in [5.74, 6) is -5.89. The third-order valence-corrected chi connectivity index (χ3v) is 14.6. The number of likely N-dealkylation sites (tertiary alicyclic amines) is 1. The van der Waals surface area contributed by atoms with E-state index in [1.54, 1.807) is 37.7 Å². The minimum Gasteiger partial charge on any atom is -0.496 e. The van der Waals surface area contributed by atoms with Crippen LogP contribution in [0, 0.1) is 18.8 Å². The molecule has 4 amide bonds. The van der Waals surface area contributed by atoms with Crippen LogP contribution in [-0.2, 0) is 29.2 Å². The summed E-state index contributed by atoms with van der Waals surface area (Å²) in [4.78, 5) is 68.8. The van der Waals surface area contributed by atoms with Gasteiger partial charge in [0.1, 0.15) is 29.2 Å². The Balaban J connectivity index is 1.14. The van der Waals surface area contributed by atoms with E-state index in [2.05, 4.69) is 15.0 Å². The zero-order valence-corrected chi connectivity index (χ0v) is 35.2. The van der Waals surface area contributed by atoms with Crippen LogP contribution in [0.1, 0.15) is 82.6 Å². The summed E-state index contributed by atoms with van der Waals surface area (Å²) >= 11 is 0. The van der Waals surface area contributed by atoms with E-state index < -0.39 is 80.9 Å². The molecule has 5 heterocycles. The van der Waals surface area contributed by atoms with Crippen molar-refractivity contribution in [2.75, 3.05) is 26.7 Å². The molecule has 1 unspecified atom stereocenters. The number of alkyl halides is 2. The number of allylic oxidation sites excluding steroid dienone is 1. The van der Waals surface area contributed by atoms with Crippen molar-refractivity contribution in [3.05, 3.63) is 60.4 Å². The number of aromatic nitrogens is 2. The number of carbonyl (C=O) groups is 4. The van der Waals surface area contributed by atoms with Crippen LogP contribution < -0.4 is 19.5 Å². The van der Waals surface area contributed by atoms with Crippen molar-refractivity contribution in [3.63, 3.8) is 0 Å². The van der Waals surface area contributed by atoms with E-state index in [-0.39, 0.29) is 45.2 Å². The number of methoxy groups -OCH3 is 1. The largest absolute Gasteiger partial charge is 0.496 e. The first-order valence-electron chi connectivity index (χ1n) is 21.2. The second-order valence-electron chi connectivity index (χ2n) is 17.2. The number of fused-ring (bicyclic) bond motifs is 3. The minimum atomic E-state index is -3.94. The lowest BCUT2D eigenvalue weighted by atomic mass is 9.94. The monoisotopic (exact) mass is 862 g/mol. The lowest BCUT2D eigenvalue weighted by Gasteiger charge is -2.34. The minimum absolute atomic E-state index is 0.00363. The van der Waals surface area contributed by atoms with Crippen LogP contribution in [0.3, 0.4) is 0 Å². The van der Waals surface area contributed by atoms with Crippen LogP contribution in [0.15, 0.2) is 54.9 Å². The molecule has 1 aromatic carbocycles. The third kappa shape index (κ3) is 9.07. The first kappa shape index (κ1) is 42.5. The number of carbonyl (C=O) groups excluding carboxylic acids is 4. The van der Waals surface area contributed by atoms with E-state index in [4.69, 9.17) is 14.5 Å². The summed E-state index contributed by atoms with van der Waals surface area (Å²) in [6.45, 7) is 1.27. The van der Waals surface area contributed by atoms with Gasteiger partial charge in [0.05, 0.1) is 36.7 Å². The SMILES string of the molecule is COc1ccc2c(O[C@@H]3C[C@H]4C(=O)N[C@]5(C(=O)NS(=O)(=O)C6CC6)CC5C=CCCCCC[C@H](CC(=O)N5CCCC(F)(F)C5)C(=O)N4C3)cc(-c3cccnc3)nc2c1C. The van der Waals surface area contributed by atoms with Crippen LogP contribution >= 0.6 is 0 Å². The second kappa shape index (κ2) is 16.9. The van der Waals surface area contributed by atoms with Crippen LogP contribution in [0.4, 0.5) is 8.78 Å². The van der Waals surface area contributed by atoms with E-state index >= 15 is 0 Å². The molecule has 2 saturated carbocycles. The summed E-state index contributed by atoms with van der Waals surface area (Å²) in [5, 5.41) is 2.88. The predicted octanol–water partition coefficient (Wildman–Crippen LogP) is 5.23. The number of nitrogens with zero attached hydrogens (tertiary/aromatic N) is 4. The molecule has 0 bridgehead atoms. The highest BCUT2D eigenvalue weighted by Gasteiger charge is 2.62. The molecule has 5 atom stereocenters. The Hall–Kier alpha value is -5.19. The van der Waals surface area contributed by atoms with Crippen LogP contribution in [0.5, 0.6) is 11.5 Å². The second-order valence-corrected chi connectivity index (χ2v) is 19.2. The molecule has 2 N–H and O–H groups in total.